The van der Waals surface area contributed by atoms with Gasteiger partial charge in [-0.3, -0.25) is 14.5 Å². The normalized spacial score (nSPS) is 17.3. The number of furan rings is 1. The van der Waals surface area contributed by atoms with Crippen LogP contribution in [-0.2, 0) is 4.79 Å². The number of amides is 2. The van der Waals surface area contributed by atoms with Crippen molar-refractivity contribution in [3.63, 3.8) is 0 Å². The van der Waals surface area contributed by atoms with Crippen molar-refractivity contribution >= 4 is 34.5 Å². The summed E-state index contributed by atoms with van der Waals surface area (Å²) >= 11 is 0. The molecule has 1 fully saturated rings. The van der Waals surface area contributed by atoms with Crippen LogP contribution in [0.4, 0.5) is 11.6 Å². The first-order chi connectivity index (χ1) is 14.6. The lowest BCUT2D eigenvalue weighted by molar-refractivity contribution is -0.123. The highest BCUT2D eigenvalue weighted by Gasteiger charge is 2.35. The van der Waals surface area contributed by atoms with Crippen molar-refractivity contribution in [2.24, 2.45) is 5.92 Å². The van der Waals surface area contributed by atoms with Crippen LogP contribution in [0.2, 0.25) is 0 Å². The number of nitrogens with zero attached hydrogens (tertiary/aromatic N) is 5. The first-order valence-corrected chi connectivity index (χ1v) is 10.2. The number of benzene rings is 1. The maximum Gasteiger partial charge on any atom is 0.257 e. The predicted octanol–water partition coefficient (Wildman–Crippen LogP) is 2.56. The number of piperidine rings is 1. The van der Waals surface area contributed by atoms with Crippen molar-refractivity contribution in [2.75, 3.05) is 43.0 Å². The number of hydrogen-bond donors (Lipinski definition) is 0. The second-order valence-corrected chi connectivity index (χ2v) is 7.85. The summed E-state index contributed by atoms with van der Waals surface area (Å²) < 4.78 is 5.01. The van der Waals surface area contributed by atoms with Gasteiger partial charge in [0.2, 0.25) is 5.91 Å². The van der Waals surface area contributed by atoms with Crippen LogP contribution in [0.5, 0.6) is 0 Å². The number of likely N-dealkylation sites (N-methyl/N-ethyl adjacent to an activating group) is 1. The summed E-state index contributed by atoms with van der Waals surface area (Å²) in [6.45, 7) is 2.42. The van der Waals surface area contributed by atoms with Crippen molar-refractivity contribution in [3.05, 3.63) is 48.4 Å². The molecule has 30 heavy (non-hydrogen) atoms. The third-order valence-electron chi connectivity index (χ3n) is 5.98. The van der Waals surface area contributed by atoms with E-state index in [1.54, 1.807) is 15.9 Å². The third kappa shape index (κ3) is 3.18. The van der Waals surface area contributed by atoms with Gasteiger partial charge in [-0.1, -0.05) is 12.1 Å². The lowest BCUT2D eigenvalue weighted by Crippen LogP contribution is -2.49. The molecule has 8 nitrogen and oxygen atoms in total. The van der Waals surface area contributed by atoms with Gasteiger partial charge in [-0.2, -0.15) is 0 Å². The number of rotatable bonds is 2. The van der Waals surface area contributed by atoms with Crippen molar-refractivity contribution in [1.29, 1.82) is 0 Å². The van der Waals surface area contributed by atoms with Crippen molar-refractivity contribution in [2.45, 2.75) is 12.8 Å². The highest BCUT2D eigenvalue weighted by molar-refractivity contribution is 5.99. The SMILES string of the molecule is CN1CCN(C(=O)C2CCN(C(=O)c3ccoc3)CC2)c2nc3ccccc3nc21. The van der Waals surface area contributed by atoms with Crippen LogP contribution in [0.25, 0.3) is 11.0 Å². The Morgan fingerprint density at radius 1 is 0.967 bits per heavy atom. The first-order valence-electron chi connectivity index (χ1n) is 10.2. The zero-order valence-electron chi connectivity index (χ0n) is 16.8. The second-order valence-electron chi connectivity index (χ2n) is 7.85. The molecule has 154 valence electrons. The van der Waals surface area contributed by atoms with Crippen LogP contribution in [-0.4, -0.2) is 59.9 Å². The van der Waals surface area contributed by atoms with E-state index in [0.29, 0.717) is 50.4 Å². The van der Waals surface area contributed by atoms with E-state index in [9.17, 15) is 9.59 Å². The molecule has 2 aliphatic rings. The largest absolute Gasteiger partial charge is 0.472 e. The van der Waals surface area contributed by atoms with Gasteiger partial charge in [-0.25, -0.2) is 9.97 Å². The summed E-state index contributed by atoms with van der Waals surface area (Å²) in [6, 6.07) is 9.39. The Labute approximate surface area is 174 Å². The van der Waals surface area contributed by atoms with Gasteiger partial charge in [-0.05, 0) is 31.0 Å². The van der Waals surface area contributed by atoms with Crippen LogP contribution in [0.3, 0.4) is 0 Å². The zero-order valence-corrected chi connectivity index (χ0v) is 16.8. The molecule has 0 saturated carbocycles. The minimum atomic E-state index is -0.122. The Kier molecular flexibility index (Phi) is 4.61. The summed E-state index contributed by atoms with van der Waals surface area (Å²) in [4.78, 5) is 41.0. The molecule has 2 amide bonds. The molecule has 8 heteroatoms. The lowest BCUT2D eigenvalue weighted by Gasteiger charge is -2.37. The molecule has 0 N–H and O–H groups in total. The Hall–Kier alpha value is -3.42. The van der Waals surface area contributed by atoms with Crippen LogP contribution in [0, 0.1) is 5.92 Å². The molecule has 0 aliphatic carbocycles. The average Bonchev–Trinajstić information content (AvgIpc) is 3.33. The molecule has 3 aromatic rings. The fourth-order valence-corrected chi connectivity index (χ4v) is 4.21. The van der Waals surface area contributed by atoms with E-state index in [4.69, 9.17) is 14.4 Å². The maximum absolute atomic E-state index is 13.4. The van der Waals surface area contributed by atoms with Gasteiger partial charge in [-0.15, -0.1) is 0 Å². The maximum atomic E-state index is 13.4. The number of hydrogen-bond acceptors (Lipinski definition) is 6. The summed E-state index contributed by atoms with van der Waals surface area (Å²) in [5.74, 6) is 1.27. The highest BCUT2D eigenvalue weighted by Crippen LogP contribution is 2.33. The van der Waals surface area contributed by atoms with Gasteiger partial charge < -0.3 is 14.2 Å². The minimum Gasteiger partial charge on any atom is -0.472 e. The van der Waals surface area contributed by atoms with Crippen molar-refractivity contribution in [3.8, 4) is 0 Å². The molecule has 1 saturated heterocycles. The minimum absolute atomic E-state index is 0.0445. The Morgan fingerprint density at radius 2 is 1.67 bits per heavy atom. The van der Waals surface area contributed by atoms with E-state index < -0.39 is 0 Å². The van der Waals surface area contributed by atoms with E-state index in [1.807, 2.05) is 36.2 Å². The first kappa shape index (κ1) is 18.6. The monoisotopic (exact) mass is 405 g/mol. The Bertz CT molecular complexity index is 1090. The topological polar surface area (TPSA) is 82.8 Å². The molecule has 0 atom stereocenters. The molecule has 5 rings (SSSR count). The van der Waals surface area contributed by atoms with E-state index in [1.165, 1.54) is 12.5 Å². The molecule has 0 radical (unpaired) electrons. The van der Waals surface area contributed by atoms with E-state index in [2.05, 4.69) is 0 Å². The zero-order chi connectivity index (χ0) is 20.7. The Morgan fingerprint density at radius 3 is 2.33 bits per heavy atom. The molecule has 4 heterocycles. The number of carbonyl (C=O) groups excluding carboxylic acids is 2. The van der Waals surface area contributed by atoms with Crippen LogP contribution >= 0.6 is 0 Å². The Balaban J connectivity index is 1.34. The number of para-hydroxylation sites is 2. The van der Waals surface area contributed by atoms with E-state index >= 15 is 0 Å². The molecule has 1 aromatic carbocycles. The summed E-state index contributed by atoms with van der Waals surface area (Å²) in [5, 5.41) is 0. The quantitative estimate of drug-likeness (QED) is 0.652. The summed E-state index contributed by atoms with van der Waals surface area (Å²) in [6.07, 6.45) is 4.25. The lowest BCUT2D eigenvalue weighted by atomic mass is 9.94. The number of aromatic nitrogens is 2. The average molecular weight is 405 g/mol. The van der Waals surface area contributed by atoms with Gasteiger partial charge in [0.15, 0.2) is 11.6 Å². The van der Waals surface area contributed by atoms with Crippen LogP contribution in [0.1, 0.15) is 23.2 Å². The molecule has 0 bridgehead atoms. The van der Waals surface area contributed by atoms with Gasteiger partial charge in [0.1, 0.15) is 6.26 Å². The number of carbonyl (C=O) groups is 2. The summed E-state index contributed by atoms with van der Waals surface area (Å²) in [7, 11) is 1.98. The number of likely N-dealkylation sites (tertiary alicyclic amines) is 1. The number of anilines is 2. The standard InChI is InChI=1S/C22H23N5O3/c1-25-11-12-27(20-19(25)23-17-4-2-3-5-18(17)24-20)22(29)15-6-9-26(10-7-15)21(28)16-8-13-30-14-16/h2-5,8,13-15H,6-7,9-12H2,1H3. The smallest absolute Gasteiger partial charge is 0.257 e. The van der Waals surface area contributed by atoms with Crippen LogP contribution in [0.15, 0.2) is 47.3 Å². The van der Waals surface area contributed by atoms with E-state index in [0.717, 1.165) is 16.9 Å². The molecule has 0 unspecified atom stereocenters. The fourth-order valence-electron chi connectivity index (χ4n) is 4.21. The highest BCUT2D eigenvalue weighted by atomic mass is 16.3. The van der Waals surface area contributed by atoms with Crippen LogP contribution < -0.4 is 9.80 Å². The molecule has 2 aliphatic heterocycles. The summed E-state index contributed by atoms with van der Waals surface area (Å²) in [5.41, 5.74) is 2.16. The van der Waals surface area contributed by atoms with Crippen molar-refractivity contribution < 1.29 is 14.0 Å². The van der Waals surface area contributed by atoms with Gasteiger partial charge in [0.25, 0.3) is 5.91 Å². The molecular formula is C22H23N5O3. The third-order valence-corrected chi connectivity index (χ3v) is 5.98. The molecule has 0 spiro atoms. The molecule has 2 aromatic heterocycles. The van der Waals surface area contributed by atoms with E-state index in [-0.39, 0.29) is 17.7 Å². The fraction of sp³-hybridized carbons (Fsp3) is 0.364. The second kappa shape index (κ2) is 7.44. The molecular weight excluding hydrogens is 382 g/mol. The van der Waals surface area contributed by atoms with Gasteiger partial charge in [0, 0.05) is 39.1 Å². The number of fused-ring (bicyclic) bond motifs is 2. The van der Waals surface area contributed by atoms with Gasteiger partial charge >= 0.3 is 0 Å². The predicted molar refractivity (Wildman–Crippen MR) is 112 cm³/mol. The van der Waals surface area contributed by atoms with Crippen molar-refractivity contribution in [1.82, 2.24) is 14.9 Å². The van der Waals surface area contributed by atoms with Gasteiger partial charge in [0.05, 0.1) is 22.9 Å².